The second-order valence-corrected chi connectivity index (χ2v) is 20.3. The van der Waals surface area contributed by atoms with Gasteiger partial charge in [-0.2, -0.15) is 0 Å². The van der Waals surface area contributed by atoms with E-state index in [1.807, 2.05) is 24.3 Å². The number of aromatic nitrogens is 2. The molecule has 0 bridgehead atoms. The standard InChI is InChI=1S/C49H56Cl2FN7O6/c1-57-38-25-29(11-16-36(38)59(46(57)64)37-17-18-39(60)55-43(37)61)47(65-2)21-23-58(24-22-47)27-28-9-13-31(14-10-28)53-44(62)42-40(32-7-6-8-34(51)41(32)52)49(48(56-42)19-4-3-5-20-48)33-15-12-30(50)26-35(33)54-45(49)63/h6-8,11-12,15-16,25-26,28,31,37,40,42,56H,3-5,9-10,13-14,17-24,27H2,1-2H3,(H,53,62)(H,54,63)(H,55,60,61)/t28?,31?,37?,40-,42+,49+/m0/s1. The molecule has 10 rings (SSSR count). The first kappa shape index (κ1) is 44.2. The zero-order chi connectivity index (χ0) is 45.4. The molecule has 5 fully saturated rings. The maximum Gasteiger partial charge on any atom is 0.329 e. The molecule has 6 aliphatic rings. The van der Waals surface area contributed by atoms with Crippen LogP contribution in [-0.2, 0) is 42.0 Å². The number of benzene rings is 3. The molecule has 1 unspecified atom stereocenters. The number of anilines is 1. The maximum atomic E-state index is 16.4. The van der Waals surface area contributed by atoms with Crippen LogP contribution in [0.15, 0.2) is 59.4 Å². The van der Waals surface area contributed by atoms with Gasteiger partial charge in [-0.25, -0.2) is 9.18 Å². The number of hydrogen-bond donors (Lipinski definition) is 4. The molecule has 65 heavy (non-hydrogen) atoms. The minimum atomic E-state index is -1.28. The van der Waals surface area contributed by atoms with Crippen LogP contribution >= 0.6 is 23.2 Å². The number of nitrogens with one attached hydrogen (secondary N) is 4. The van der Waals surface area contributed by atoms with Gasteiger partial charge in [0.15, 0.2) is 0 Å². The van der Waals surface area contributed by atoms with Crippen molar-refractivity contribution in [2.75, 3.05) is 32.1 Å². The summed E-state index contributed by atoms with van der Waals surface area (Å²) in [5.41, 5.74) is 1.02. The number of piperidine rings is 2. The second-order valence-electron chi connectivity index (χ2n) is 19.4. The quantitative estimate of drug-likeness (QED) is 0.142. The van der Waals surface area contributed by atoms with Crippen LogP contribution in [0.25, 0.3) is 11.0 Å². The van der Waals surface area contributed by atoms with E-state index in [0.29, 0.717) is 40.5 Å². The average Bonchev–Trinajstić information content (AvgIpc) is 3.85. The van der Waals surface area contributed by atoms with Crippen LogP contribution < -0.4 is 27.0 Å². The third-order valence-corrected chi connectivity index (χ3v) is 16.7. The van der Waals surface area contributed by atoms with Gasteiger partial charge in [-0.15, -0.1) is 0 Å². The zero-order valence-corrected chi connectivity index (χ0v) is 38.3. The summed E-state index contributed by atoms with van der Waals surface area (Å²) in [6, 6.07) is 14.5. The largest absolute Gasteiger partial charge is 0.373 e. The summed E-state index contributed by atoms with van der Waals surface area (Å²) in [7, 11) is 3.45. The fraction of sp³-hybridized carbons (Fsp3) is 0.531. The lowest BCUT2D eigenvalue weighted by Gasteiger charge is -2.47. The third-order valence-electron chi connectivity index (χ3n) is 16.2. The average molecular weight is 929 g/mol. The first-order valence-corrected chi connectivity index (χ1v) is 24.0. The Morgan fingerprint density at radius 3 is 2.37 bits per heavy atom. The highest BCUT2D eigenvalue weighted by atomic mass is 35.5. The maximum absolute atomic E-state index is 16.4. The third kappa shape index (κ3) is 7.15. The summed E-state index contributed by atoms with van der Waals surface area (Å²) < 4.78 is 25.7. The van der Waals surface area contributed by atoms with E-state index in [-0.39, 0.29) is 52.9 Å². The van der Waals surface area contributed by atoms with Crippen molar-refractivity contribution in [3.8, 4) is 0 Å². The van der Waals surface area contributed by atoms with Gasteiger partial charge in [0.2, 0.25) is 23.6 Å². The minimum Gasteiger partial charge on any atom is -0.373 e. The summed E-state index contributed by atoms with van der Waals surface area (Å²) in [6.07, 6.45) is 9.59. The van der Waals surface area contributed by atoms with Gasteiger partial charge < -0.3 is 20.3 Å². The number of hydrogen-bond acceptors (Lipinski definition) is 8. The van der Waals surface area contributed by atoms with Crippen molar-refractivity contribution in [1.29, 1.82) is 0 Å². The van der Waals surface area contributed by atoms with Crippen molar-refractivity contribution in [1.82, 2.24) is 30.0 Å². The Bertz CT molecular complexity index is 2650. The Labute approximate surface area is 387 Å². The van der Waals surface area contributed by atoms with E-state index < -0.39 is 46.3 Å². The Morgan fingerprint density at radius 1 is 0.892 bits per heavy atom. The van der Waals surface area contributed by atoms with Crippen LogP contribution in [0.5, 0.6) is 0 Å². The predicted molar refractivity (Wildman–Crippen MR) is 245 cm³/mol. The Morgan fingerprint density at radius 2 is 1.65 bits per heavy atom. The van der Waals surface area contributed by atoms with Crippen LogP contribution in [-0.4, -0.2) is 82.0 Å². The molecule has 16 heteroatoms. The fourth-order valence-corrected chi connectivity index (χ4v) is 13.3. The van der Waals surface area contributed by atoms with Crippen LogP contribution in [0.4, 0.5) is 10.1 Å². The zero-order valence-electron chi connectivity index (χ0n) is 36.8. The van der Waals surface area contributed by atoms with Gasteiger partial charge in [-0.1, -0.05) is 66.7 Å². The van der Waals surface area contributed by atoms with Crippen LogP contribution in [0.2, 0.25) is 10.0 Å². The molecule has 2 spiro atoms. The molecule has 0 radical (unpaired) electrons. The van der Waals surface area contributed by atoms with E-state index in [9.17, 15) is 24.0 Å². The normalized spacial score (nSPS) is 28.7. The smallest absolute Gasteiger partial charge is 0.329 e. The number of ether oxygens (including phenoxy) is 1. The summed E-state index contributed by atoms with van der Waals surface area (Å²) in [6.45, 7) is 2.60. The molecule has 3 saturated heterocycles. The lowest BCUT2D eigenvalue weighted by atomic mass is 9.55. The van der Waals surface area contributed by atoms with E-state index in [2.05, 4.69) is 26.2 Å². The van der Waals surface area contributed by atoms with Gasteiger partial charge in [-0.05, 0) is 111 Å². The topological polar surface area (TPSA) is 156 Å². The molecule has 4 aromatic rings. The lowest BCUT2D eigenvalue weighted by Crippen LogP contribution is -2.60. The van der Waals surface area contributed by atoms with Crippen molar-refractivity contribution in [3.63, 3.8) is 0 Å². The van der Waals surface area contributed by atoms with Gasteiger partial charge in [0, 0.05) is 68.4 Å². The van der Waals surface area contributed by atoms with Crippen LogP contribution in [0, 0.1) is 11.7 Å². The monoisotopic (exact) mass is 927 g/mol. The van der Waals surface area contributed by atoms with Gasteiger partial charge in [0.1, 0.15) is 17.3 Å². The number of imide groups is 1. The van der Waals surface area contributed by atoms with E-state index in [1.165, 1.54) is 10.6 Å². The number of amides is 4. The second kappa shape index (κ2) is 16.9. The minimum absolute atomic E-state index is 0.0510. The number of imidazole rings is 1. The number of carbonyl (C=O) groups is 4. The number of rotatable bonds is 8. The molecule has 2 saturated carbocycles. The van der Waals surface area contributed by atoms with E-state index >= 15 is 4.39 Å². The highest BCUT2D eigenvalue weighted by molar-refractivity contribution is 6.31. The molecule has 4 aliphatic heterocycles. The summed E-state index contributed by atoms with van der Waals surface area (Å²) >= 11 is 12.9. The van der Waals surface area contributed by atoms with Crippen molar-refractivity contribution in [3.05, 3.63) is 97.6 Å². The van der Waals surface area contributed by atoms with Crippen molar-refractivity contribution in [2.24, 2.45) is 13.0 Å². The summed E-state index contributed by atoms with van der Waals surface area (Å²) in [5, 5.41) is 13.0. The van der Waals surface area contributed by atoms with Crippen LogP contribution in [0.3, 0.4) is 0 Å². The molecule has 5 heterocycles. The molecule has 344 valence electrons. The number of aryl methyl sites for hydroxylation is 1. The summed E-state index contributed by atoms with van der Waals surface area (Å²) in [4.78, 5) is 70.0. The molecule has 4 amide bonds. The highest BCUT2D eigenvalue weighted by Gasteiger charge is 2.72. The highest BCUT2D eigenvalue weighted by Crippen LogP contribution is 2.63. The predicted octanol–water partition coefficient (Wildman–Crippen LogP) is 6.72. The fourth-order valence-electron chi connectivity index (χ4n) is 12.9. The SMILES string of the molecule is COC1(c2ccc3c(c2)n(C)c(=O)n3C2CCC(=O)NC2=O)CCN(CC2CCC(NC(=O)[C@@H]3NC4(CCCCC4)[C@@]4(C(=O)Nc5cc(Cl)ccc54)[C@H]3c3cccc(Cl)c3F)CC2)CC1. The molecule has 3 aromatic carbocycles. The molecular formula is C49H56Cl2FN7O6. The number of methoxy groups -OCH3 is 1. The molecule has 13 nitrogen and oxygen atoms in total. The molecule has 1 aromatic heterocycles. The molecular weight excluding hydrogens is 872 g/mol. The number of fused-ring (bicyclic) bond motifs is 4. The van der Waals surface area contributed by atoms with Gasteiger partial charge in [-0.3, -0.25) is 38.9 Å². The Balaban J connectivity index is 0.816. The lowest BCUT2D eigenvalue weighted by molar-refractivity contribution is -0.136. The number of halogens is 3. The number of likely N-dealkylation sites (tertiary alicyclic amines) is 1. The van der Waals surface area contributed by atoms with Gasteiger partial charge >= 0.3 is 5.69 Å². The van der Waals surface area contributed by atoms with Crippen molar-refractivity contribution < 1.29 is 28.3 Å². The van der Waals surface area contributed by atoms with Gasteiger partial charge in [0.25, 0.3) is 0 Å². The van der Waals surface area contributed by atoms with E-state index in [4.69, 9.17) is 27.9 Å². The molecule has 4 N–H and O–H groups in total. The Kier molecular flexibility index (Phi) is 11.5. The first-order valence-electron chi connectivity index (χ1n) is 23.3. The number of carbonyl (C=O) groups excluding carboxylic acids is 4. The molecule has 2 aliphatic carbocycles. The summed E-state index contributed by atoms with van der Waals surface area (Å²) in [5.74, 6) is -2.29. The van der Waals surface area contributed by atoms with Gasteiger partial charge in [0.05, 0.1) is 27.7 Å². The number of nitrogens with zero attached hydrogens (tertiary/aromatic N) is 3. The van der Waals surface area contributed by atoms with E-state index in [1.54, 1.807) is 43.0 Å². The van der Waals surface area contributed by atoms with Crippen molar-refractivity contribution in [2.45, 2.75) is 124 Å². The van der Waals surface area contributed by atoms with Crippen molar-refractivity contribution >= 4 is 63.6 Å². The van der Waals surface area contributed by atoms with Crippen LogP contribution in [0.1, 0.15) is 112 Å². The Hall–Kier alpha value is -4.60. The molecule has 4 atom stereocenters. The van der Waals surface area contributed by atoms with E-state index in [0.717, 1.165) is 88.5 Å². The first-order chi connectivity index (χ1) is 31.3.